The first-order valence-electron chi connectivity index (χ1n) is 7.13. The molecule has 7 heteroatoms. The highest BCUT2D eigenvalue weighted by atomic mass is 35.5. The van der Waals surface area contributed by atoms with Crippen LogP contribution in [-0.4, -0.2) is 30.3 Å². The van der Waals surface area contributed by atoms with Crippen LogP contribution in [0, 0.1) is 0 Å². The summed E-state index contributed by atoms with van der Waals surface area (Å²) in [7, 11) is 0. The second kappa shape index (κ2) is 5.82. The van der Waals surface area contributed by atoms with Gasteiger partial charge in [-0.1, -0.05) is 11.6 Å². The SMILES string of the molecule is O=C(c1ccc(Cl)cn1)c1cnn2c(-c3ccncc3)ccnc12. The summed E-state index contributed by atoms with van der Waals surface area (Å²) >= 11 is 5.82. The van der Waals surface area contributed by atoms with Crippen LogP contribution in [0.3, 0.4) is 0 Å². The van der Waals surface area contributed by atoms with E-state index in [1.54, 1.807) is 35.2 Å². The van der Waals surface area contributed by atoms with Crippen molar-refractivity contribution in [2.24, 2.45) is 0 Å². The van der Waals surface area contributed by atoms with Gasteiger partial charge in [0.25, 0.3) is 0 Å². The number of halogens is 1. The third-order valence-electron chi connectivity index (χ3n) is 3.58. The predicted molar refractivity (Wildman–Crippen MR) is 88.9 cm³/mol. The molecule has 24 heavy (non-hydrogen) atoms. The second-order valence-electron chi connectivity index (χ2n) is 5.05. The Bertz CT molecular complexity index is 1030. The summed E-state index contributed by atoms with van der Waals surface area (Å²) in [5.41, 5.74) is 2.92. The van der Waals surface area contributed by atoms with Gasteiger partial charge in [-0.2, -0.15) is 5.10 Å². The van der Waals surface area contributed by atoms with Gasteiger partial charge in [-0.25, -0.2) is 9.50 Å². The van der Waals surface area contributed by atoms with Crippen molar-refractivity contribution in [3.8, 4) is 11.3 Å². The summed E-state index contributed by atoms with van der Waals surface area (Å²) in [6, 6.07) is 8.80. The Morgan fingerprint density at radius 1 is 0.958 bits per heavy atom. The van der Waals surface area contributed by atoms with Gasteiger partial charge in [-0.05, 0) is 30.3 Å². The average molecular weight is 336 g/mol. The molecule has 0 aromatic carbocycles. The quantitative estimate of drug-likeness (QED) is 0.538. The van der Waals surface area contributed by atoms with Crippen LogP contribution in [0.2, 0.25) is 5.02 Å². The van der Waals surface area contributed by atoms with E-state index in [-0.39, 0.29) is 5.78 Å². The van der Waals surface area contributed by atoms with E-state index in [0.717, 1.165) is 11.3 Å². The Labute approximate surface area is 141 Å². The number of hydrogen-bond acceptors (Lipinski definition) is 5. The van der Waals surface area contributed by atoms with Crippen molar-refractivity contribution in [1.29, 1.82) is 0 Å². The molecule has 0 bridgehead atoms. The molecular weight excluding hydrogens is 326 g/mol. The number of nitrogens with zero attached hydrogens (tertiary/aromatic N) is 5. The Hall–Kier alpha value is -3.12. The summed E-state index contributed by atoms with van der Waals surface area (Å²) in [6.45, 7) is 0. The summed E-state index contributed by atoms with van der Waals surface area (Å²) < 4.78 is 1.64. The lowest BCUT2D eigenvalue weighted by Gasteiger charge is -2.04. The second-order valence-corrected chi connectivity index (χ2v) is 5.49. The molecule has 0 amide bonds. The first-order chi connectivity index (χ1) is 11.7. The maximum Gasteiger partial charge on any atom is 0.216 e. The van der Waals surface area contributed by atoms with Crippen molar-refractivity contribution in [2.45, 2.75) is 0 Å². The molecule has 0 unspecified atom stereocenters. The standard InChI is InChI=1S/C17H10ClN5O/c18-12-1-2-14(21-9-12)16(24)13-10-22-23-15(5-8-20-17(13)23)11-3-6-19-7-4-11/h1-10H. The summed E-state index contributed by atoms with van der Waals surface area (Å²) in [6.07, 6.45) is 8.00. The molecule has 4 aromatic rings. The molecule has 4 aromatic heterocycles. The molecule has 0 spiro atoms. The first kappa shape index (κ1) is 14.5. The number of ketones is 1. The van der Waals surface area contributed by atoms with Crippen molar-refractivity contribution >= 4 is 23.0 Å². The molecule has 0 aliphatic rings. The first-order valence-corrected chi connectivity index (χ1v) is 7.51. The minimum absolute atomic E-state index is 0.249. The lowest BCUT2D eigenvalue weighted by atomic mass is 10.1. The molecule has 0 atom stereocenters. The van der Waals surface area contributed by atoms with Gasteiger partial charge in [0, 0.05) is 30.4 Å². The fourth-order valence-electron chi connectivity index (χ4n) is 2.44. The van der Waals surface area contributed by atoms with E-state index < -0.39 is 0 Å². The monoisotopic (exact) mass is 335 g/mol. The number of hydrogen-bond donors (Lipinski definition) is 0. The van der Waals surface area contributed by atoms with Crippen molar-refractivity contribution < 1.29 is 4.79 Å². The number of rotatable bonds is 3. The summed E-state index contributed by atoms with van der Waals surface area (Å²) in [4.78, 5) is 25.1. The van der Waals surface area contributed by atoms with Crippen LogP contribution in [0.5, 0.6) is 0 Å². The highest BCUT2D eigenvalue weighted by Gasteiger charge is 2.18. The van der Waals surface area contributed by atoms with Gasteiger partial charge < -0.3 is 0 Å². The lowest BCUT2D eigenvalue weighted by Crippen LogP contribution is -2.04. The molecule has 0 aliphatic heterocycles. The van der Waals surface area contributed by atoms with Crippen LogP contribution < -0.4 is 0 Å². The molecule has 4 rings (SSSR count). The molecule has 116 valence electrons. The highest BCUT2D eigenvalue weighted by Crippen LogP contribution is 2.21. The fraction of sp³-hybridized carbons (Fsp3) is 0. The normalized spacial score (nSPS) is 10.9. The van der Waals surface area contributed by atoms with E-state index in [9.17, 15) is 4.79 Å². The number of fused-ring (bicyclic) bond motifs is 1. The third kappa shape index (κ3) is 2.43. The van der Waals surface area contributed by atoms with Gasteiger partial charge in [-0.3, -0.25) is 14.8 Å². The fourth-order valence-corrected chi connectivity index (χ4v) is 2.55. The van der Waals surface area contributed by atoms with E-state index in [4.69, 9.17) is 11.6 Å². The molecule has 0 aliphatic carbocycles. The Morgan fingerprint density at radius 3 is 2.54 bits per heavy atom. The van der Waals surface area contributed by atoms with Crippen LogP contribution in [-0.2, 0) is 0 Å². The number of pyridine rings is 2. The van der Waals surface area contributed by atoms with Crippen LogP contribution >= 0.6 is 11.6 Å². The minimum Gasteiger partial charge on any atom is -0.287 e. The summed E-state index contributed by atoms with van der Waals surface area (Å²) in [5, 5.41) is 4.79. The van der Waals surface area contributed by atoms with Gasteiger partial charge in [-0.15, -0.1) is 0 Å². The number of aromatic nitrogens is 5. The van der Waals surface area contributed by atoms with Crippen molar-refractivity contribution in [2.75, 3.05) is 0 Å². The average Bonchev–Trinajstić information content (AvgIpc) is 3.06. The Kier molecular flexibility index (Phi) is 3.51. The third-order valence-corrected chi connectivity index (χ3v) is 3.81. The van der Waals surface area contributed by atoms with Gasteiger partial charge in [0.1, 0.15) is 5.69 Å². The molecule has 0 saturated heterocycles. The maximum absolute atomic E-state index is 12.7. The molecule has 0 N–H and O–H groups in total. The van der Waals surface area contributed by atoms with Crippen molar-refractivity contribution in [3.05, 3.63) is 77.6 Å². The molecule has 0 fully saturated rings. The minimum atomic E-state index is -0.249. The van der Waals surface area contributed by atoms with E-state index in [2.05, 4.69) is 20.1 Å². The predicted octanol–water partition coefficient (Wildman–Crippen LogP) is 3.07. The zero-order valence-electron chi connectivity index (χ0n) is 12.3. The van der Waals surface area contributed by atoms with Crippen LogP contribution in [0.4, 0.5) is 0 Å². The van der Waals surface area contributed by atoms with E-state index in [0.29, 0.717) is 21.9 Å². The van der Waals surface area contributed by atoms with Gasteiger partial charge in [0.05, 0.1) is 22.5 Å². The van der Waals surface area contributed by atoms with Gasteiger partial charge >= 0.3 is 0 Å². The molecule has 0 radical (unpaired) electrons. The Balaban J connectivity index is 1.84. The smallest absolute Gasteiger partial charge is 0.216 e. The lowest BCUT2D eigenvalue weighted by molar-refractivity contribution is 0.103. The molecule has 4 heterocycles. The number of carbonyl (C=O) groups is 1. The van der Waals surface area contributed by atoms with Crippen molar-refractivity contribution in [3.63, 3.8) is 0 Å². The van der Waals surface area contributed by atoms with E-state index in [1.165, 1.54) is 12.4 Å². The zero-order valence-corrected chi connectivity index (χ0v) is 13.1. The molecule has 6 nitrogen and oxygen atoms in total. The summed E-state index contributed by atoms with van der Waals surface area (Å²) in [5.74, 6) is -0.249. The maximum atomic E-state index is 12.7. The van der Waals surface area contributed by atoms with Gasteiger partial charge in [0.15, 0.2) is 5.65 Å². The Morgan fingerprint density at radius 2 is 1.79 bits per heavy atom. The van der Waals surface area contributed by atoms with Crippen LogP contribution in [0.25, 0.3) is 16.9 Å². The molecule has 0 saturated carbocycles. The molecular formula is C17H10ClN5O. The van der Waals surface area contributed by atoms with Crippen LogP contribution in [0.15, 0.2) is 61.3 Å². The van der Waals surface area contributed by atoms with Crippen molar-refractivity contribution in [1.82, 2.24) is 24.6 Å². The van der Waals surface area contributed by atoms with E-state index >= 15 is 0 Å². The topological polar surface area (TPSA) is 73.0 Å². The van der Waals surface area contributed by atoms with Crippen LogP contribution in [0.1, 0.15) is 16.1 Å². The zero-order chi connectivity index (χ0) is 16.5. The number of carbonyl (C=O) groups excluding carboxylic acids is 1. The highest BCUT2D eigenvalue weighted by molar-refractivity contribution is 6.30. The van der Waals surface area contributed by atoms with Gasteiger partial charge in [0.2, 0.25) is 5.78 Å². The largest absolute Gasteiger partial charge is 0.287 e. The van der Waals surface area contributed by atoms with E-state index in [1.807, 2.05) is 18.2 Å².